The molecule has 1 aromatic heterocycles. The van der Waals surface area contributed by atoms with E-state index in [1.807, 2.05) is 19.1 Å². The van der Waals surface area contributed by atoms with Crippen molar-refractivity contribution in [3.8, 4) is 0 Å². The largest absolute Gasteiger partial charge is 0.355 e. The molecule has 140 valence electrons. The summed E-state index contributed by atoms with van der Waals surface area (Å²) >= 11 is 0. The Morgan fingerprint density at radius 1 is 1.42 bits per heavy atom. The molecular weight excluding hydrogens is 352 g/mol. The quantitative estimate of drug-likeness (QED) is 0.810. The van der Waals surface area contributed by atoms with E-state index in [-0.39, 0.29) is 23.3 Å². The first-order chi connectivity index (χ1) is 12.4. The summed E-state index contributed by atoms with van der Waals surface area (Å²) in [5.41, 5.74) is 6.85. The van der Waals surface area contributed by atoms with Crippen LogP contribution in [0.15, 0.2) is 35.4 Å². The van der Waals surface area contributed by atoms with E-state index in [0.29, 0.717) is 38.0 Å². The van der Waals surface area contributed by atoms with Gasteiger partial charge in [0.05, 0.1) is 11.4 Å². The average Bonchev–Trinajstić information content (AvgIpc) is 2.65. The lowest BCUT2D eigenvalue weighted by molar-refractivity contribution is -0.126. The van der Waals surface area contributed by atoms with Crippen molar-refractivity contribution in [3.63, 3.8) is 0 Å². The first-order valence-corrected chi connectivity index (χ1v) is 10.2. The summed E-state index contributed by atoms with van der Waals surface area (Å²) in [4.78, 5) is 16.7. The lowest BCUT2D eigenvalue weighted by atomic mass is 9.99. The molecule has 1 atom stereocenters. The molecule has 0 radical (unpaired) electrons. The number of pyridine rings is 1. The second kappa shape index (κ2) is 7.69. The van der Waals surface area contributed by atoms with Crippen LogP contribution < -0.4 is 11.1 Å². The number of fused-ring (bicyclic) bond motifs is 1. The number of amides is 1. The van der Waals surface area contributed by atoms with Crippen molar-refractivity contribution in [2.75, 3.05) is 26.2 Å². The molecule has 3 rings (SSSR count). The van der Waals surface area contributed by atoms with Gasteiger partial charge in [-0.25, -0.2) is 8.42 Å². The van der Waals surface area contributed by atoms with Crippen LogP contribution in [0.4, 0.5) is 0 Å². The Bertz CT molecular complexity index is 914. The maximum atomic E-state index is 13.2. The Hall–Kier alpha value is -2.03. The van der Waals surface area contributed by atoms with Gasteiger partial charge in [0.25, 0.3) is 0 Å². The molecule has 7 nitrogen and oxygen atoms in total. The second-order valence-corrected chi connectivity index (χ2v) is 8.53. The van der Waals surface area contributed by atoms with Crippen LogP contribution in [-0.4, -0.2) is 49.8 Å². The average molecular weight is 376 g/mol. The maximum Gasteiger partial charge on any atom is 0.245 e. The molecule has 0 aliphatic carbocycles. The number of nitrogens with one attached hydrogen (secondary N) is 1. The lowest BCUT2D eigenvalue weighted by Gasteiger charge is -2.31. The fourth-order valence-corrected chi connectivity index (χ4v) is 4.99. The molecular formula is C18H24N4O3S. The summed E-state index contributed by atoms with van der Waals surface area (Å²) in [5, 5.41) is 3.54. The smallest absolute Gasteiger partial charge is 0.245 e. The van der Waals surface area contributed by atoms with Crippen LogP contribution in [0.25, 0.3) is 10.9 Å². The molecule has 3 N–H and O–H groups in total. The van der Waals surface area contributed by atoms with Crippen molar-refractivity contribution in [1.29, 1.82) is 0 Å². The van der Waals surface area contributed by atoms with Crippen LogP contribution in [-0.2, 0) is 14.8 Å². The number of aromatic nitrogens is 1. The Kier molecular flexibility index (Phi) is 5.55. The van der Waals surface area contributed by atoms with Crippen molar-refractivity contribution in [2.24, 2.45) is 11.7 Å². The molecule has 1 aromatic carbocycles. The predicted molar refractivity (Wildman–Crippen MR) is 100 cm³/mol. The van der Waals surface area contributed by atoms with Gasteiger partial charge in [-0.2, -0.15) is 4.31 Å². The van der Waals surface area contributed by atoms with Crippen molar-refractivity contribution in [3.05, 3.63) is 36.0 Å². The molecule has 8 heteroatoms. The zero-order valence-corrected chi connectivity index (χ0v) is 15.6. The SMILES string of the molecule is Cc1cnc2c(S(=O)(=O)N3CCCC(C(=O)NCCN)C3)cccc2c1. The second-order valence-electron chi connectivity index (χ2n) is 6.62. The fourth-order valence-electron chi connectivity index (χ4n) is 3.30. The number of piperidine rings is 1. The van der Waals surface area contributed by atoms with Crippen LogP contribution in [0.3, 0.4) is 0 Å². The molecule has 0 spiro atoms. The third-order valence-electron chi connectivity index (χ3n) is 4.63. The van der Waals surface area contributed by atoms with Crippen LogP contribution in [0, 0.1) is 12.8 Å². The van der Waals surface area contributed by atoms with E-state index in [9.17, 15) is 13.2 Å². The van der Waals surface area contributed by atoms with E-state index in [2.05, 4.69) is 10.3 Å². The van der Waals surface area contributed by atoms with Crippen molar-refractivity contribution < 1.29 is 13.2 Å². The van der Waals surface area contributed by atoms with Crippen molar-refractivity contribution in [2.45, 2.75) is 24.7 Å². The number of hydrogen-bond acceptors (Lipinski definition) is 5. The van der Waals surface area contributed by atoms with Gasteiger partial charge in [0.2, 0.25) is 15.9 Å². The monoisotopic (exact) mass is 376 g/mol. The lowest BCUT2D eigenvalue weighted by Crippen LogP contribution is -2.46. The zero-order valence-electron chi connectivity index (χ0n) is 14.8. The Balaban J connectivity index is 1.89. The molecule has 1 unspecified atom stereocenters. The number of carbonyl (C=O) groups excluding carboxylic acids is 1. The van der Waals surface area contributed by atoms with E-state index in [4.69, 9.17) is 5.73 Å². The predicted octanol–water partition coefficient (Wildman–Crippen LogP) is 1.02. The Labute approximate surface area is 153 Å². The van der Waals surface area contributed by atoms with Crippen LogP contribution in [0.5, 0.6) is 0 Å². The van der Waals surface area contributed by atoms with Gasteiger partial charge in [0.1, 0.15) is 4.90 Å². The van der Waals surface area contributed by atoms with Crippen LogP contribution >= 0.6 is 0 Å². The van der Waals surface area contributed by atoms with E-state index in [0.717, 1.165) is 10.9 Å². The van der Waals surface area contributed by atoms with Gasteiger partial charge in [-0.1, -0.05) is 12.1 Å². The summed E-state index contributed by atoms with van der Waals surface area (Å²) in [7, 11) is -3.72. The number of carbonyl (C=O) groups is 1. The molecule has 1 amide bonds. The van der Waals surface area contributed by atoms with Gasteiger partial charge in [-0.15, -0.1) is 0 Å². The highest BCUT2D eigenvalue weighted by molar-refractivity contribution is 7.89. The van der Waals surface area contributed by atoms with Gasteiger partial charge in [0, 0.05) is 37.8 Å². The molecule has 1 aliphatic rings. The summed E-state index contributed by atoms with van der Waals surface area (Å²) in [5.74, 6) is -0.489. The summed E-state index contributed by atoms with van der Waals surface area (Å²) in [6.45, 7) is 3.27. The van der Waals surface area contributed by atoms with Gasteiger partial charge in [-0.05, 0) is 37.5 Å². The normalized spacial score (nSPS) is 18.8. The highest BCUT2D eigenvalue weighted by atomic mass is 32.2. The highest BCUT2D eigenvalue weighted by Gasteiger charge is 2.34. The van der Waals surface area contributed by atoms with Crippen molar-refractivity contribution >= 4 is 26.8 Å². The Morgan fingerprint density at radius 2 is 2.23 bits per heavy atom. The number of rotatable bonds is 5. The molecule has 2 heterocycles. The standard InChI is InChI=1S/C18H24N4O3S/c1-13-10-14-4-2-6-16(17(14)21-11-13)26(24,25)22-9-3-5-15(12-22)18(23)20-8-7-19/h2,4,6,10-11,15H,3,5,7-9,12,19H2,1H3,(H,20,23). The van der Waals surface area contributed by atoms with E-state index in [1.165, 1.54) is 4.31 Å². The summed E-state index contributed by atoms with van der Waals surface area (Å²) in [6, 6.07) is 7.08. The number of hydrogen-bond donors (Lipinski definition) is 2. The third-order valence-corrected chi connectivity index (χ3v) is 6.52. The number of benzene rings is 1. The number of nitrogens with two attached hydrogens (primary N) is 1. The number of nitrogens with zero attached hydrogens (tertiary/aromatic N) is 2. The van der Waals surface area contributed by atoms with Gasteiger partial charge in [-0.3, -0.25) is 9.78 Å². The number of para-hydroxylation sites is 1. The Morgan fingerprint density at radius 3 is 3.00 bits per heavy atom. The van der Waals surface area contributed by atoms with E-state index < -0.39 is 10.0 Å². The minimum atomic E-state index is -3.72. The minimum Gasteiger partial charge on any atom is -0.355 e. The van der Waals surface area contributed by atoms with E-state index >= 15 is 0 Å². The van der Waals surface area contributed by atoms with Crippen LogP contribution in [0.2, 0.25) is 0 Å². The number of sulfonamides is 1. The molecule has 1 saturated heterocycles. The van der Waals surface area contributed by atoms with Crippen molar-refractivity contribution in [1.82, 2.24) is 14.6 Å². The van der Waals surface area contributed by atoms with Gasteiger partial charge >= 0.3 is 0 Å². The van der Waals surface area contributed by atoms with Gasteiger partial charge < -0.3 is 11.1 Å². The van der Waals surface area contributed by atoms with Gasteiger partial charge in [0.15, 0.2) is 0 Å². The molecule has 2 aromatic rings. The first-order valence-electron chi connectivity index (χ1n) is 8.77. The molecule has 1 fully saturated rings. The molecule has 1 aliphatic heterocycles. The third kappa shape index (κ3) is 3.72. The highest BCUT2D eigenvalue weighted by Crippen LogP contribution is 2.28. The van der Waals surface area contributed by atoms with E-state index in [1.54, 1.807) is 18.3 Å². The fraction of sp³-hybridized carbons (Fsp3) is 0.444. The molecule has 26 heavy (non-hydrogen) atoms. The topological polar surface area (TPSA) is 105 Å². The zero-order chi connectivity index (χ0) is 18.7. The molecule has 0 saturated carbocycles. The summed E-state index contributed by atoms with van der Waals surface area (Å²) in [6.07, 6.45) is 2.99. The first kappa shape index (κ1) is 18.8. The minimum absolute atomic E-state index is 0.137. The van der Waals surface area contributed by atoms with Crippen LogP contribution in [0.1, 0.15) is 18.4 Å². The number of aryl methyl sites for hydroxylation is 1. The summed E-state index contributed by atoms with van der Waals surface area (Å²) < 4.78 is 27.8. The molecule has 0 bridgehead atoms. The maximum absolute atomic E-state index is 13.2.